The monoisotopic (exact) mass is 332 g/mol. The number of hydrogen-bond donors (Lipinski definition) is 1. The number of carbonyl (C=O) groups is 1. The largest absolute Gasteiger partial charge is 0.375 e. The van der Waals surface area contributed by atoms with E-state index in [9.17, 15) is 4.79 Å². The summed E-state index contributed by atoms with van der Waals surface area (Å²) in [6.45, 7) is 5.08. The number of ether oxygens (including phenoxy) is 2. The topological polar surface area (TPSA) is 50.8 Å². The van der Waals surface area contributed by atoms with Crippen LogP contribution >= 0.6 is 12.4 Å². The Bertz CT molecular complexity index is 355. The highest BCUT2D eigenvalue weighted by atomic mass is 35.5. The summed E-state index contributed by atoms with van der Waals surface area (Å²) >= 11 is 0. The number of nitrogens with zero attached hydrogens (tertiary/aromatic N) is 1. The van der Waals surface area contributed by atoms with E-state index in [1.165, 1.54) is 25.7 Å². The zero-order valence-corrected chi connectivity index (χ0v) is 14.3. The Balaban J connectivity index is 0.00000176. The minimum atomic E-state index is -0.175. The molecule has 5 nitrogen and oxygen atoms in total. The number of carbonyl (C=O) groups excluding carboxylic acids is 1. The Hall–Kier alpha value is -0.360. The van der Waals surface area contributed by atoms with Crippen LogP contribution in [0.2, 0.25) is 0 Å². The molecule has 2 aliphatic heterocycles. The van der Waals surface area contributed by atoms with E-state index in [0.29, 0.717) is 18.8 Å². The minimum absolute atomic E-state index is 0. The summed E-state index contributed by atoms with van der Waals surface area (Å²) in [7, 11) is 0. The number of piperidine rings is 1. The van der Waals surface area contributed by atoms with Gasteiger partial charge in [0.15, 0.2) is 0 Å². The smallest absolute Gasteiger partial charge is 0.242 e. The Labute approximate surface area is 139 Å². The summed E-state index contributed by atoms with van der Waals surface area (Å²) in [5, 5.41) is 3.29. The van der Waals surface area contributed by atoms with Gasteiger partial charge in [0.05, 0.1) is 24.9 Å². The van der Waals surface area contributed by atoms with E-state index in [0.717, 1.165) is 32.5 Å². The molecule has 0 bridgehead atoms. The van der Waals surface area contributed by atoms with E-state index >= 15 is 0 Å². The number of likely N-dealkylation sites (tertiary alicyclic amines) is 1. The van der Waals surface area contributed by atoms with Gasteiger partial charge < -0.3 is 19.7 Å². The van der Waals surface area contributed by atoms with Crippen molar-refractivity contribution in [2.45, 2.75) is 69.8 Å². The lowest BCUT2D eigenvalue weighted by atomic mass is 10.0. The minimum Gasteiger partial charge on any atom is -0.375 e. The van der Waals surface area contributed by atoms with Crippen LogP contribution in [0.3, 0.4) is 0 Å². The third kappa shape index (κ3) is 4.34. The number of nitrogens with one attached hydrogen (secondary N) is 1. The first-order chi connectivity index (χ1) is 10.2. The molecular weight excluding hydrogens is 304 g/mol. The second-order valence-electron chi connectivity index (χ2n) is 6.57. The van der Waals surface area contributed by atoms with Crippen molar-refractivity contribution in [1.82, 2.24) is 10.2 Å². The maximum Gasteiger partial charge on any atom is 0.242 e. The average Bonchev–Trinajstić information content (AvgIpc) is 3.01. The first kappa shape index (κ1) is 18.0. The van der Waals surface area contributed by atoms with Gasteiger partial charge in [0.1, 0.15) is 6.04 Å². The van der Waals surface area contributed by atoms with Gasteiger partial charge in [0.2, 0.25) is 5.91 Å². The fourth-order valence-corrected chi connectivity index (χ4v) is 3.72. The van der Waals surface area contributed by atoms with Gasteiger partial charge in [-0.25, -0.2) is 0 Å². The molecule has 6 heteroatoms. The summed E-state index contributed by atoms with van der Waals surface area (Å²) < 4.78 is 11.7. The van der Waals surface area contributed by atoms with Crippen LogP contribution in [0.15, 0.2) is 0 Å². The summed E-state index contributed by atoms with van der Waals surface area (Å²) in [4.78, 5) is 14.5. The molecule has 2 heterocycles. The Morgan fingerprint density at radius 1 is 1.14 bits per heavy atom. The van der Waals surface area contributed by atoms with Gasteiger partial charge in [0, 0.05) is 19.6 Å². The maximum atomic E-state index is 12.6. The molecule has 1 amide bonds. The molecule has 0 spiro atoms. The predicted octanol–water partition coefficient (Wildman–Crippen LogP) is 1.74. The Kier molecular flexibility index (Phi) is 6.93. The van der Waals surface area contributed by atoms with E-state index in [1.807, 2.05) is 11.8 Å². The second kappa shape index (κ2) is 8.48. The van der Waals surface area contributed by atoms with E-state index in [4.69, 9.17) is 9.47 Å². The molecule has 3 aliphatic rings. The van der Waals surface area contributed by atoms with Crippen LogP contribution < -0.4 is 5.32 Å². The molecule has 22 heavy (non-hydrogen) atoms. The summed E-state index contributed by atoms with van der Waals surface area (Å²) in [6.07, 6.45) is 7.82. The molecule has 1 N–H and O–H groups in total. The molecule has 2 atom stereocenters. The summed E-state index contributed by atoms with van der Waals surface area (Å²) in [6, 6.07) is -0.175. The van der Waals surface area contributed by atoms with Gasteiger partial charge in [-0.2, -0.15) is 0 Å². The molecule has 128 valence electrons. The fraction of sp³-hybridized carbons (Fsp3) is 0.938. The van der Waals surface area contributed by atoms with Gasteiger partial charge >= 0.3 is 0 Å². The molecule has 0 aromatic carbocycles. The standard InChI is InChI=1S/C16H28N2O3.ClH/c1-12-15(17-8-11-20-12)16(19)18-9-6-14(7-10-18)21-13-4-2-3-5-13;/h12-15,17H,2-11H2,1H3;1H/t12-,15+;/m1./s1. The van der Waals surface area contributed by atoms with Crippen LogP contribution in [0.25, 0.3) is 0 Å². The molecule has 0 aromatic rings. The lowest BCUT2D eigenvalue weighted by Gasteiger charge is -2.38. The van der Waals surface area contributed by atoms with Crippen LogP contribution in [0.5, 0.6) is 0 Å². The molecule has 3 fully saturated rings. The highest BCUT2D eigenvalue weighted by molar-refractivity contribution is 5.85. The molecule has 2 saturated heterocycles. The van der Waals surface area contributed by atoms with Crippen LogP contribution in [0, 0.1) is 0 Å². The van der Waals surface area contributed by atoms with Gasteiger partial charge in [-0.1, -0.05) is 12.8 Å². The van der Waals surface area contributed by atoms with Gasteiger partial charge in [-0.15, -0.1) is 12.4 Å². The van der Waals surface area contributed by atoms with Gasteiger partial charge in [-0.05, 0) is 32.6 Å². The Morgan fingerprint density at radius 3 is 2.41 bits per heavy atom. The lowest BCUT2D eigenvalue weighted by Crippen LogP contribution is -2.57. The van der Waals surface area contributed by atoms with Crippen LogP contribution in [-0.4, -0.2) is 61.4 Å². The highest BCUT2D eigenvalue weighted by Gasteiger charge is 2.34. The third-order valence-electron chi connectivity index (χ3n) is 5.02. The number of hydrogen-bond acceptors (Lipinski definition) is 4. The molecule has 0 radical (unpaired) electrons. The first-order valence-corrected chi connectivity index (χ1v) is 8.53. The number of halogens is 1. The van der Waals surface area contributed by atoms with Crippen molar-refractivity contribution in [3.63, 3.8) is 0 Å². The van der Waals surface area contributed by atoms with Crippen molar-refractivity contribution in [3.05, 3.63) is 0 Å². The second-order valence-corrected chi connectivity index (χ2v) is 6.57. The van der Waals surface area contributed by atoms with Gasteiger partial charge in [0.25, 0.3) is 0 Å². The van der Waals surface area contributed by atoms with Crippen molar-refractivity contribution in [3.8, 4) is 0 Å². The zero-order chi connectivity index (χ0) is 14.7. The number of morpholine rings is 1. The van der Waals surface area contributed by atoms with E-state index < -0.39 is 0 Å². The van der Waals surface area contributed by atoms with Crippen molar-refractivity contribution in [2.24, 2.45) is 0 Å². The first-order valence-electron chi connectivity index (χ1n) is 8.53. The summed E-state index contributed by atoms with van der Waals surface area (Å²) in [5.41, 5.74) is 0. The highest BCUT2D eigenvalue weighted by Crippen LogP contribution is 2.25. The molecule has 1 aliphatic carbocycles. The maximum absolute atomic E-state index is 12.6. The quantitative estimate of drug-likeness (QED) is 0.855. The van der Waals surface area contributed by atoms with Crippen molar-refractivity contribution in [1.29, 1.82) is 0 Å². The normalized spacial score (nSPS) is 31.0. The van der Waals surface area contributed by atoms with Crippen molar-refractivity contribution < 1.29 is 14.3 Å². The number of rotatable bonds is 3. The van der Waals surface area contributed by atoms with E-state index in [2.05, 4.69) is 5.32 Å². The fourth-order valence-electron chi connectivity index (χ4n) is 3.72. The SMILES string of the molecule is C[C@H]1OCCN[C@@H]1C(=O)N1CCC(OC2CCCC2)CC1.Cl. The molecule has 1 saturated carbocycles. The van der Waals surface area contributed by atoms with E-state index in [-0.39, 0.29) is 30.5 Å². The molecular formula is C16H29ClN2O3. The molecule has 0 unspecified atom stereocenters. The molecule has 3 rings (SSSR count). The van der Waals surface area contributed by atoms with Crippen molar-refractivity contribution in [2.75, 3.05) is 26.2 Å². The Morgan fingerprint density at radius 2 is 1.77 bits per heavy atom. The molecule has 0 aromatic heterocycles. The van der Waals surface area contributed by atoms with Crippen molar-refractivity contribution >= 4 is 18.3 Å². The predicted molar refractivity (Wildman–Crippen MR) is 87.4 cm³/mol. The van der Waals surface area contributed by atoms with Crippen LogP contribution in [-0.2, 0) is 14.3 Å². The summed E-state index contributed by atoms with van der Waals surface area (Å²) in [5.74, 6) is 0.196. The average molecular weight is 333 g/mol. The van der Waals surface area contributed by atoms with Gasteiger partial charge in [-0.3, -0.25) is 4.79 Å². The van der Waals surface area contributed by atoms with E-state index in [1.54, 1.807) is 0 Å². The zero-order valence-electron chi connectivity index (χ0n) is 13.5. The van der Waals surface area contributed by atoms with Crippen LogP contribution in [0.4, 0.5) is 0 Å². The lowest BCUT2D eigenvalue weighted by molar-refractivity contribution is -0.142. The third-order valence-corrected chi connectivity index (χ3v) is 5.02. The van der Waals surface area contributed by atoms with Crippen LogP contribution in [0.1, 0.15) is 45.4 Å². The number of amides is 1.